The molecule has 7 nitrogen and oxygen atoms in total. The van der Waals surface area contributed by atoms with Gasteiger partial charge in [0.25, 0.3) is 0 Å². The van der Waals surface area contributed by atoms with Crippen molar-refractivity contribution in [3.63, 3.8) is 0 Å². The average molecular weight is 320 g/mol. The van der Waals surface area contributed by atoms with Crippen molar-refractivity contribution in [3.8, 4) is 5.75 Å². The first-order valence-corrected chi connectivity index (χ1v) is 7.44. The van der Waals surface area contributed by atoms with Crippen LogP contribution in [0, 0.1) is 0 Å². The molecular formula is C14H16N4O3S. The first-order valence-electron chi connectivity index (χ1n) is 6.56. The molecule has 0 aliphatic carbocycles. The second-order valence-corrected chi connectivity index (χ2v) is 5.36. The number of rotatable bonds is 5. The van der Waals surface area contributed by atoms with Crippen LogP contribution in [0.5, 0.6) is 5.75 Å². The topological polar surface area (TPSA) is 106 Å². The minimum atomic E-state index is -0.708. The molecule has 0 unspecified atom stereocenters. The van der Waals surface area contributed by atoms with E-state index in [0.717, 1.165) is 24.1 Å². The summed E-state index contributed by atoms with van der Waals surface area (Å²) in [5, 5.41) is 5.19. The highest BCUT2D eigenvalue weighted by molar-refractivity contribution is 7.13. The number of carbonyl (C=O) groups is 2. The third kappa shape index (κ3) is 4.83. The summed E-state index contributed by atoms with van der Waals surface area (Å²) < 4.78 is 4.90. The van der Waals surface area contributed by atoms with E-state index >= 15 is 0 Å². The van der Waals surface area contributed by atoms with Crippen LogP contribution in [0.25, 0.3) is 0 Å². The van der Waals surface area contributed by atoms with Gasteiger partial charge in [-0.15, -0.1) is 11.3 Å². The molecule has 0 saturated heterocycles. The molecule has 116 valence electrons. The zero-order valence-corrected chi connectivity index (χ0v) is 12.8. The fourth-order valence-electron chi connectivity index (χ4n) is 1.76. The predicted octanol–water partition coefficient (Wildman–Crippen LogP) is 1.85. The number of anilines is 1. The molecule has 2 aromatic rings. The van der Waals surface area contributed by atoms with Crippen molar-refractivity contribution < 1.29 is 14.3 Å². The summed E-state index contributed by atoms with van der Waals surface area (Å²) in [4.78, 5) is 26.2. The number of nitrogens with one attached hydrogen (secondary N) is 2. The van der Waals surface area contributed by atoms with Gasteiger partial charge in [0.05, 0.1) is 5.69 Å². The van der Waals surface area contributed by atoms with Gasteiger partial charge in [0.2, 0.25) is 5.91 Å². The zero-order chi connectivity index (χ0) is 15.9. The van der Waals surface area contributed by atoms with Gasteiger partial charge in [-0.25, -0.2) is 15.6 Å². The molecule has 0 radical (unpaired) electrons. The van der Waals surface area contributed by atoms with E-state index in [1.165, 1.54) is 18.3 Å². The molecule has 0 atom stereocenters. The van der Waals surface area contributed by atoms with Crippen LogP contribution in [0.15, 0.2) is 29.6 Å². The van der Waals surface area contributed by atoms with Crippen molar-refractivity contribution in [1.29, 1.82) is 0 Å². The van der Waals surface area contributed by atoms with Crippen LogP contribution in [-0.2, 0) is 17.6 Å². The summed E-state index contributed by atoms with van der Waals surface area (Å²) >= 11 is 1.41. The maximum absolute atomic E-state index is 11.0. The van der Waals surface area contributed by atoms with Gasteiger partial charge < -0.3 is 10.1 Å². The van der Waals surface area contributed by atoms with Crippen LogP contribution >= 0.6 is 11.3 Å². The number of hydrazine groups is 1. The van der Waals surface area contributed by atoms with E-state index in [9.17, 15) is 9.59 Å². The fourth-order valence-corrected chi connectivity index (χ4v) is 2.55. The van der Waals surface area contributed by atoms with Crippen LogP contribution in [0.1, 0.15) is 18.2 Å². The Morgan fingerprint density at radius 1 is 1.27 bits per heavy atom. The summed E-state index contributed by atoms with van der Waals surface area (Å²) in [5.74, 6) is 5.23. The number of benzene rings is 1. The number of thiazole rings is 1. The Labute approximate surface area is 131 Å². The maximum Gasteiger partial charge on any atom is 0.426 e. The smallest absolute Gasteiger partial charge is 0.409 e. The summed E-state index contributed by atoms with van der Waals surface area (Å²) in [6.45, 7) is 1.45. The molecule has 8 heteroatoms. The number of nitrogens with two attached hydrogens (primary N) is 1. The Morgan fingerprint density at radius 2 is 2.00 bits per heavy atom. The van der Waals surface area contributed by atoms with E-state index in [2.05, 4.69) is 10.3 Å². The van der Waals surface area contributed by atoms with Crippen molar-refractivity contribution >= 4 is 28.5 Å². The second-order valence-electron chi connectivity index (χ2n) is 4.50. The molecule has 0 fully saturated rings. The van der Waals surface area contributed by atoms with Crippen LogP contribution in [0.3, 0.4) is 0 Å². The fraction of sp³-hybridized carbons (Fsp3) is 0.214. The molecular weight excluding hydrogens is 304 g/mol. The van der Waals surface area contributed by atoms with Crippen molar-refractivity contribution in [3.05, 3.63) is 40.9 Å². The number of hydrogen-bond acceptors (Lipinski definition) is 6. The number of nitrogens with zero attached hydrogens (tertiary/aromatic N) is 1. The number of carbonyl (C=O) groups excluding carboxylic acids is 2. The summed E-state index contributed by atoms with van der Waals surface area (Å²) in [5.41, 5.74) is 3.91. The highest BCUT2D eigenvalue weighted by Crippen LogP contribution is 2.18. The Morgan fingerprint density at radius 3 is 2.64 bits per heavy atom. The van der Waals surface area contributed by atoms with Gasteiger partial charge >= 0.3 is 6.09 Å². The van der Waals surface area contributed by atoms with Crippen LogP contribution in [0.2, 0.25) is 0 Å². The number of hydrogen-bond donors (Lipinski definition) is 3. The monoisotopic (exact) mass is 320 g/mol. The van der Waals surface area contributed by atoms with E-state index in [0.29, 0.717) is 10.9 Å². The third-order valence-corrected chi connectivity index (χ3v) is 3.56. The molecule has 1 heterocycles. The lowest BCUT2D eigenvalue weighted by Gasteiger charge is -2.04. The quantitative estimate of drug-likeness (QED) is 0.443. The molecule has 0 aliphatic heterocycles. The van der Waals surface area contributed by atoms with E-state index < -0.39 is 6.09 Å². The molecule has 0 saturated carbocycles. The first-order chi connectivity index (χ1) is 10.6. The Balaban J connectivity index is 1.87. The van der Waals surface area contributed by atoms with Gasteiger partial charge in [-0.1, -0.05) is 12.1 Å². The zero-order valence-electron chi connectivity index (χ0n) is 12.0. The van der Waals surface area contributed by atoms with Crippen molar-refractivity contribution in [2.24, 2.45) is 5.84 Å². The SMILES string of the molecule is CC(=O)Nc1nc(CCc2ccc(OC(=O)NN)cc2)cs1. The molecule has 0 bridgehead atoms. The maximum atomic E-state index is 11.0. The summed E-state index contributed by atoms with van der Waals surface area (Å²) in [7, 11) is 0. The molecule has 2 rings (SSSR count). The molecule has 1 aromatic carbocycles. The van der Waals surface area contributed by atoms with Gasteiger partial charge in [0, 0.05) is 12.3 Å². The van der Waals surface area contributed by atoms with Crippen molar-refractivity contribution in [2.45, 2.75) is 19.8 Å². The number of aryl methyl sites for hydroxylation is 2. The lowest BCUT2D eigenvalue weighted by Crippen LogP contribution is -2.32. The first kappa shape index (κ1) is 15.9. The lowest BCUT2D eigenvalue weighted by molar-refractivity contribution is -0.114. The van der Waals surface area contributed by atoms with E-state index in [1.807, 2.05) is 22.9 Å². The lowest BCUT2D eigenvalue weighted by atomic mass is 10.1. The van der Waals surface area contributed by atoms with E-state index in [4.69, 9.17) is 10.6 Å². The normalized spacial score (nSPS) is 10.1. The van der Waals surface area contributed by atoms with Crippen LogP contribution in [-0.4, -0.2) is 17.0 Å². The van der Waals surface area contributed by atoms with E-state index in [-0.39, 0.29) is 5.91 Å². The molecule has 2 amide bonds. The Bertz CT molecular complexity index is 654. The molecule has 1 aromatic heterocycles. The Hall–Kier alpha value is -2.45. The Kier molecular flexibility index (Phi) is 5.45. The summed E-state index contributed by atoms with van der Waals surface area (Å²) in [6.07, 6.45) is 0.854. The molecule has 22 heavy (non-hydrogen) atoms. The number of amides is 2. The standard InChI is InChI=1S/C14H16N4O3S/c1-9(19)16-13-17-11(8-22-13)5-2-10-3-6-12(7-4-10)21-14(20)18-15/h3-4,6-8H,2,5,15H2,1H3,(H,18,20)(H,16,17,19). The highest BCUT2D eigenvalue weighted by Gasteiger charge is 2.05. The van der Waals surface area contributed by atoms with Gasteiger partial charge in [-0.2, -0.15) is 0 Å². The number of aromatic nitrogens is 1. The third-order valence-electron chi connectivity index (χ3n) is 2.76. The minimum Gasteiger partial charge on any atom is -0.409 e. The van der Waals surface area contributed by atoms with Crippen molar-refractivity contribution in [2.75, 3.05) is 5.32 Å². The van der Waals surface area contributed by atoms with Gasteiger partial charge in [-0.05, 0) is 30.5 Å². The second kappa shape index (κ2) is 7.53. The van der Waals surface area contributed by atoms with Crippen LogP contribution in [0.4, 0.5) is 9.93 Å². The van der Waals surface area contributed by atoms with Crippen molar-refractivity contribution in [1.82, 2.24) is 10.4 Å². The highest BCUT2D eigenvalue weighted by atomic mass is 32.1. The minimum absolute atomic E-state index is 0.127. The van der Waals surface area contributed by atoms with Gasteiger partial charge in [0.15, 0.2) is 5.13 Å². The van der Waals surface area contributed by atoms with Gasteiger partial charge in [-0.3, -0.25) is 10.2 Å². The largest absolute Gasteiger partial charge is 0.426 e. The average Bonchev–Trinajstić information content (AvgIpc) is 2.93. The molecule has 0 aliphatic rings. The predicted molar refractivity (Wildman–Crippen MR) is 83.6 cm³/mol. The van der Waals surface area contributed by atoms with Gasteiger partial charge in [0.1, 0.15) is 5.75 Å². The van der Waals surface area contributed by atoms with E-state index in [1.54, 1.807) is 12.1 Å². The molecule has 0 spiro atoms. The number of ether oxygens (including phenoxy) is 1. The van der Waals surface area contributed by atoms with Crippen LogP contribution < -0.4 is 21.3 Å². The molecule has 4 N–H and O–H groups in total. The summed E-state index contributed by atoms with van der Waals surface area (Å²) in [6, 6.07) is 7.16.